The zero-order chi connectivity index (χ0) is 20.9. The monoisotopic (exact) mass is 424 g/mol. The third kappa shape index (κ3) is 6.40. The summed E-state index contributed by atoms with van der Waals surface area (Å²) in [5.74, 6) is 0.858. The van der Waals surface area contributed by atoms with Crippen LogP contribution in [0.3, 0.4) is 0 Å². The lowest BCUT2D eigenvalue weighted by Crippen LogP contribution is -2.49. The van der Waals surface area contributed by atoms with Crippen molar-refractivity contribution < 1.29 is 12.8 Å². The molecule has 29 heavy (non-hydrogen) atoms. The number of benzene rings is 1. The summed E-state index contributed by atoms with van der Waals surface area (Å²) in [6, 6.07) is 7.34. The van der Waals surface area contributed by atoms with Gasteiger partial charge < -0.3 is 15.5 Å². The number of rotatable bonds is 8. The molecule has 0 aromatic heterocycles. The summed E-state index contributed by atoms with van der Waals surface area (Å²) in [6.45, 7) is 5.75. The Labute approximate surface area is 173 Å². The van der Waals surface area contributed by atoms with Crippen LogP contribution in [-0.2, 0) is 15.3 Å². The van der Waals surface area contributed by atoms with Crippen LogP contribution in [0.4, 0.5) is 4.39 Å². The SMILES string of the molecule is CCNC(=NCC1(c2ccccc2F)CC1)NC1CCN(CCS(C)(=O)=O)CC1. The number of nitrogens with one attached hydrogen (secondary N) is 2. The Hall–Kier alpha value is -1.67. The Morgan fingerprint density at radius 2 is 1.97 bits per heavy atom. The van der Waals surface area contributed by atoms with Crippen molar-refractivity contribution in [3.05, 3.63) is 35.6 Å². The topological polar surface area (TPSA) is 73.8 Å². The summed E-state index contributed by atoms with van der Waals surface area (Å²) in [5, 5.41) is 6.82. The Morgan fingerprint density at radius 3 is 2.55 bits per heavy atom. The molecule has 1 saturated carbocycles. The fourth-order valence-electron chi connectivity index (χ4n) is 3.89. The maximum absolute atomic E-state index is 14.2. The molecule has 1 aromatic carbocycles. The molecule has 2 fully saturated rings. The summed E-state index contributed by atoms with van der Waals surface area (Å²) in [5.41, 5.74) is 0.613. The lowest BCUT2D eigenvalue weighted by molar-refractivity contribution is 0.216. The maximum Gasteiger partial charge on any atom is 0.191 e. The Morgan fingerprint density at radius 1 is 1.28 bits per heavy atom. The van der Waals surface area contributed by atoms with Crippen molar-refractivity contribution in [1.82, 2.24) is 15.5 Å². The quantitative estimate of drug-likeness (QED) is 0.493. The van der Waals surface area contributed by atoms with Gasteiger partial charge in [-0.2, -0.15) is 0 Å². The van der Waals surface area contributed by atoms with Gasteiger partial charge in [0.2, 0.25) is 0 Å². The van der Waals surface area contributed by atoms with Crippen LogP contribution >= 0.6 is 0 Å². The summed E-state index contributed by atoms with van der Waals surface area (Å²) in [4.78, 5) is 6.99. The van der Waals surface area contributed by atoms with Gasteiger partial charge in [-0.25, -0.2) is 12.8 Å². The first-order chi connectivity index (χ1) is 13.8. The Kier molecular flexibility index (Phi) is 7.16. The minimum absolute atomic E-state index is 0.139. The minimum atomic E-state index is -2.92. The van der Waals surface area contributed by atoms with E-state index in [4.69, 9.17) is 4.99 Å². The molecule has 2 aliphatic rings. The van der Waals surface area contributed by atoms with Crippen molar-refractivity contribution in [2.75, 3.05) is 44.7 Å². The van der Waals surface area contributed by atoms with Crippen molar-refractivity contribution in [2.45, 2.75) is 44.1 Å². The molecule has 1 aliphatic heterocycles. The zero-order valence-corrected chi connectivity index (χ0v) is 18.3. The largest absolute Gasteiger partial charge is 0.357 e. The molecule has 2 N–H and O–H groups in total. The van der Waals surface area contributed by atoms with Crippen molar-refractivity contribution in [3.8, 4) is 0 Å². The first-order valence-corrected chi connectivity index (χ1v) is 12.6. The number of halogens is 1. The van der Waals surface area contributed by atoms with E-state index in [1.807, 2.05) is 19.1 Å². The Bertz CT molecular complexity index is 816. The van der Waals surface area contributed by atoms with Crippen LogP contribution in [0.2, 0.25) is 0 Å². The van der Waals surface area contributed by atoms with E-state index in [9.17, 15) is 12.8 Å². The second kappa shape index (κ2) is 9.43. The number of aliphatic imine (C=N–C) groups is 1. The van der Waals surface area contributed by atoms with Gasteiger partial charge in [-0.3, -0.25) is 4.99 Å². The van der Waals surface area contributed by atoms with E-state index in [1.54, 1.807) is 6.07 Å². The number of hydrogen-bond acceptors (Lipinski definition) is 4. The van der Waals surface area contributed by atoms with Crippen LogP contribution in [-0.4, -0.2) is 70.1 Å². The molecule has 1 aliphatic carbocycles. The normalized spacial score (nSPS) is 20.4. The van der Waals surface area contributed by atoms with Gasteiger partial charge >= 0.3 is 0 Å². The van der Waals surface area contributed by atoms with Crippen LogP contribution in [0.15, 0.2) is 29.3 Å². The van der Waals surface area contributed by atoms with E-state index in [0.29, 0.717) is 19.1 Å². The summed E-state index contributed by atoms with van der Waals surface area (Å²) in [6.07, 6.45) is 5.12. The van der Waals surface area contributed by atoms with Gasteiger partial charge in [0.05, 0.1) is 12.3 Å². The van der Waals surface area contributed by atoms with Crippen LogP contribution < -0.4 is 10.6 Å². The first kappa shape index (κ1) is 22.0. The van der Waals surface area contributed by atoms with E-state index in [1.165, 1.54) is 12.3 Å². The molecule has 0 spiro atoms. The van der Waals surface area contributed by atoms with Crippen LogP contribution in [0.25, 0.3) is 0 Å². The smallest absolute Gasteiger partial charge is 0.191 e. The average molecular weight is 425 g/mol. The predicted octanol–water partition coefficient (Wildman–Crippen LogP) is 1.92. The van der Waals surface area contributed by atoms with Crippen LogP contribution in [0, 0.1) is 5.82 Å². The van der Waals surface area contributed by atoms with Crippen molar-refractivity contribution in [2.24, 2.45) is 4.99 Å². The maximum atomic E-state index is 14.2. The third-order valence-electron chi connectivity index (χ3n) is 5.89. The molecule has 0 radical (unpaired) electrons. The molecule has 1 aromatic rings. The fourth-order valence-corrected chi connectivity index (χ4v) is 4.48. The molecule has 1 heterocycles. The predicted molar refractivity (Wildman–Crippen MR) is 116 cm³/mol. The number of nitrogens with zero attached hydrogens (tertiary/aromatic N) is 2. The Balaban J connectivity index is 1.54. The van der Waals surface area contributed by atoms with E-state index >= 15 is 0 Å². The van der Waals surface area contributed by atoms with Crippen LogP contribution in [0.1, 0.15) is 38.2 Å². The van der Waals surface area contributed by atoms with Crippen LogP contribution in [0.5, 0.6) is 0 Å². The summed E-state index contributed by atoms with van der Waals surface area (Å²) in [7, 11) is -2.92. The first-order valence-electron chi connectivity index (χ1n) is 10.5. The number of sulfone groups is 1. The summed E-state index contributed by atoms with van der Waals surface area (Å²) < 4.78 is 36.9. The summed E-state index contributed by atoms with van der Waals surface area (Å²) >= 11 is 0. The number of hydrogen-bond donors (Lipinski definition) is 2. The van der Waals surface area contributed by atoms with E-state index in [-0.39, 0.29) is 17.0 Å². The number of likely N-dealkylation sites (tertiary alicyclic amines) is 1. The van der Waals surface area contributed by atoms with Gasteiger partial charge in [0.1, 0.15) is 15.7 Å². The molecule has 162 valence electrons. The highest BCUT2D eigenvalue weighted by molar-refractivity contribution is 7.90. The zero-order valence-electron chi connectivity index (χ0n) is 17.5. The van der Waals surface area contributed by atoms with Gasteiger partial charge in [-0.15, -0.1) is 0 Å². The van der Waals surface area contributed by atoms with Gasteiger partial charge in [0.25, 0.3) is 0 Å². The second-order valence-corrected chi connectivity index (χ2v) is 10.6. The molecule has 0 bridgehead atoms. The van der Waals surface area contributed by atoms with Crippen molar-refractivity contribution in [3.63, 3.8) is 0 Å². The van der Waals surface area contributed by atoms with Gasteiger partial charge in [0.15, 0.2) is 5.96 Å². The van der Waals surface area contributed by atoms with Gasteiger partial charge in [-0.1, -0.05) is 18.2 Å². The lowest BCUT2D eigenvalue weighted by Gasteiger charge is -2.33. The van der Waals surface area contributed by atoms with E-state index in [0.717, 1.165) is 56.8 Å². The average Bonchev–Trinajstić information content (AvgIpc) is 3.46. The molecule has 3 rings (SSSR count). The van der Waals surface area contributed by atoms with Crippen molar-refractivity contribution in [1.29, 1.82) is 0 Å². The number of guanidine groups is 1. The molecule has 0 unspecified atom stereocenters. The molecule has 1 saturated heterocycles. The van der Waals surface area contributed by atoms with Crippen molar-refractivity contribution >= 4 is 15.8 Å². The molecular formula is C21H33FN4O2S. The highest BCUT2D eigenvalue weighted by Gasteiger charge is 2.45. The highest BCUT2D eigenvalue weighted by Crippen LogP contribution is 2.49. The second-order valence-electron chi connectivity index (χ2n) is 8.35. The molecule has 0 atom stereocenters. The minimum Gasteiger partial charge on any atom is -0.357 e. The molecule has 8 heteroatoms. The lowest BCUT2D eigenvalue weighted by atomic mass is 9.95. The van der Waals surface area contributed by atoms with E-state index < -0.39 is 9.84 Å². The highest BCUT2D eigenvalue weighted by atomic mass is 32.2. The molecule has 6 nitrogen and oxygen atoms in total. The number of piperidine rings is 1. The third-order valence-corrected chi connectivity index (χ3v) is 6.81. The molecular weight excluding hydrogens is 391 g/mol. The van der Waals surface area contributed by atoms with Gasteiger partial charge in [-0.05, 0) is 44.2 Å². The standard InChI is InChI=1S/C21H33FN4O2S/c1-3-23-20(24-16-21(10-11-21)18-6-4-5-7-19(18)22)25-17-8-12-26(13-9-17)14-15-29(2,27)28/h4-7,17H,3,8-16H2,1-2H3,(H2,23,24,25). The molecule has 0 amide bonds. The van der Waals surface area contributed by atoms with Gasteiger partial charge in [0, 0.05) is 43.9 Å². The van der Waals surface area contributed by atoms with E-state index in [2.05, 4.69) is 15.5 Å². The fraction of sp³-hybridized carbons (Fsp3) is 0.667.